The first kappa shape index (κ1) is 34.6. The predicted molar refractivity (Wildman–Crippen MR) is 249 cm³/mol. The second-order valence-electron chi connectivity index (χ2n) is 16.8. The maximum atomic E-state index is 6.89. The zero-order valence-electron chi connectivity index (χ0n) is 33.6. The third kappa shape index (κ3) is 4.88. The molecule has 0 radical (unpaired) electrons. The molecule has 0 saturated heterocycles. The van der Waals surface area contributed by atoms with Crippen LogP contribution < -0.4 is 4.90 Å². The minimum Gasteiger partial charge on any atom is -0.456 e. The molecule has 60 heavy (non-hydrogen) atoms. The van der Waals surface area contributed by atoms with Crippen LogP contribution in [0.1, 0.15) is 47.2 Å². The van der Waals surface area contributed by atoms with Gasteiger partial charge in [0.05, 0.1) is 5.41 Å². The number of fused-ring (bicyclic) bond motifs is 9. The molecular formula is C58H41NO. The molecule has 0 unspecified atom stereocenters. The van der Waals surface area contributed by atoms with Gasteiger partial charge in [0.15, 0.2) is 0 Å². The summed E-state index contributed by atoms with van der Waals surface area (Å²) in [4.78, 5) is 2.36. The summed E-state index contributed by atoms with van der Waals surface area (Å²) in [6.07, 6.45) is 0. The van der Waals surface area contributed by atoms with Crippen molar-refractivity contribution in [2.75, 3.05) is 4.90 Å². The van der Waals surface area contributed by atoms with E-state index in [1.807, 2.05) is 0 Å². The average molecular weight is 768 g/mol. The van der Waals surface area contributed by atoms with Gasteiger partial charge in [-0.2, -0.15) is 0 Å². The topological polar surface area (TPSA) is 16.4 Å². The Morgan fingerprint density at radius 3 is 1.48 bits per heavy atom. The maximum Gasteiger partial charge on any atom is 0.137 e. The normalized spacial score (nSPS) is 14.1. The largest absolute Gasteiger partial charge is 0.456 e. The second kappa shape index (κ2) is 13.0. The lowest BCUT2D eigenvalue weighted by Crippen LogP contribution is -2.29. The molecular weight excluding hydrogens is 727 g/mol. The van der Waals surface area contributed by atoms with Gasteiger partial charge in [0.1, 0.15) is 11.2 Å². The number of para-hydroxylation sites is 1. The van der Waals surface area contributed by atoms with Crippen molar-refractivity contribution in [1.29, 1.82) is 0 Å². The zero-order valence-corrected chi connectivity index (χ0v) is 33.6. The van der Waals surface area contributed by atoms with Crippen molar-refractivity contribution in [1.82, 2.24) is 0 Å². The number of hydrogen-bond acceptors (Lipinski definition) is 2. The predicted octanol–water partition coefficient (Wildman–Crippen LogP) is 15.4. The molecule has 0 bridgehead atoms. The van der Waals surface area contributed by atoms with E-state index in [9.17, 15) is 0 Å². The monoisotopic (exact) mass is 767 g/mol. The van der Waals surface area contributed by atoms with Crippen LogP contribution in [0, 0.1) is 0 Å². The lowest BCUT2D eigenvalue weighted by atomic mass is 9.66. The molecule has 2 nitrogen and oxygen atoms in total. The Balaban J connectivity index is 1.00. The Labute approximate surface area is 350 Å². The minimum atomic E-state index is -0.501. The van der Waals surface area contributed by atoms with Gasteiger partial charge in [-0.1, -0.05) is 172 Å². The van der Waals surface area contributed by atoms with Crippen molar-refractivity contribution < 1.29 is 4.42 Å². The molecule has 2 heteroatoms. The number of hydrogen-bond donors (Lipinski definition) is 0. The van der Waals surface area contributed by atoms with Gasteiger partial charge >= 0.3 is 0 Å². The van der Waals surface area contributed by atoms with Gasteiger partial charge < -0.3 is 9.32 Å². The van der Waals surface area contributed by atoms with E-state index < -0.39 is 5.41 Å². The summed E-state index contributed by atoms with van der Waals surface area (Å²) in [6, 6.07) is 77.7. The van der Waals surface area contributed by atoms with Crippen LogP contribution in [0.5, 0.6) is 0 Å². The molecule has 9 aromatic carbocycles. The fourth-order valence-electron chi connectivity index (χ4n) is 10.7. The molecule has 12 rings (SSSR count). The highest BCUT2D eigenvalue weighted by Gasteiger charge is 2.47. The van der Waals surface area contributed by atoms with Crippen molar-refractivity contribution in [2.24, 2.45) is 0 Å². The van der Waals surface area contributed by atoms with Gasteiger partial charge in [0, 0.05) is 39.3 Å². The Kier molecular flexibility index (Phi) is 7.52. The van der Waals surface area contributed by atoms with Crippen molar-refractivity contribution in [3.05, 3.63) is 246 Å². The van der Waals surface area contributed by atoms with Crippen LogP contribution in [0.2, 0.25) is 0 Å². The SMILES string of the molecule is CC1(C)c2ccccc2-c2ccc(N(c3ccccc3)c3ccc4c(c3)oc3cc(-c5ccccc5C5(c6ccccc6)c6ccccc6-c6ccccc65)ccc34)cc21. The summed E-state index contributed by atoms with van der Waals surface area (Å²) >= 11 is 0. The van der Waals surface area contributed by atoms with E-state index in [0.29, 0.717) is 0 Å². The third-order valence-electron chi connectivity index (χ3n) is 13.4. The lowest BCUT2D eigenvalue weighted by molar-refractivity contribution is 0.660. The summed E-state index contributed by atoms with van der Waals surface area (Å²) in [5, 5.41) is 2.21. The van der Waals surface area contributed by atoms with E-state index in [-0.39, 0.29) is 5.41 Å². The summed E-state index contributed by atoms with van der Waals surface area (Å²) in [6.45, 7) is 4.68. The van der Waals surface area contributed by atoms with Crippen LogP contribution >= 0.6 is 0 Å². The molecule has 0 atom stereocenters. The third-order valence-corrected chi connectivity index (χ3v) is 13.4. The van der Waals surface area contributed by atoms with Crippen LogP contribution in [-0.4, -0.2) is 0 Å². The van der Waals surface area contributed by atoms with Gasteiger partial charge in [-0.25, -0.2) is 0 Å². The van der Waals surface area contributed by atoms with Crippen LogP contribution in [0.3, 0.4) is 0 Å². The van der Waals surface area contributed by atoms with Gasteiger partial charge in [0.25, 0.3) is 0 Å². The Bertz CT molecular complexity index is 3250. The molecule has 0 amide bonds. The zero-order chi connectivity index (χ0) is 40.0. The van der Waals surface area contributed by atoms with Crippen LogP contribution in [0.15, 0.2) is 217 Å². The Hall–Kier alpha value is -7.42. The molecule has 0 aliphatic heterocycles. The molecule has 284 valence electrons. The summed E-state index contributed by atoms with van der Waals surface area (Å²) in [5.41, 5.74) is 19.8. The molecule has 0 N–H and O–H groups in total. The fourth-order valence-corrected chi connectivity index (χ4v) is 10.7. The van der Waals surface area contributed by atoms with Gasteiger partial charge in [-0.3, -0.25) is 0 Å². The summed E-state index contributed by atoms with van der Waals surface area (Å²) in [5.74, 6) is 0. The van der Waals surface area contributed by atoms with Crippen LogP contribution in [0.4, 0.5) is 17.1 Å². The average Bonchev–Trinajstić information content (AvgIpc) is 3.90. The number of furan rings is 1. The second-order valence-corrected chi connectivity index (χ2v) is 16.8. The smallest absolute Gasteiger partial charge is 0.137 e. The van der Waals surface area contributed by atoms with E-state index in [2.05, 4.69) is 231 Å². The first-order valence-corrected chi connectivity index (χ1v) is 20.9. The van der Waals surface area contributed by atoms with Gasteiger partial charge in [-0.15, -0.1) is 0 Å². The van der Waals surface area contributed by atoms with Crippen molar-refractivity contribution in [3.8, 4) is 33.4 Å². The van der Waals surface area contributed by atoms with Gasteiger partial charge in [-0.05, 0) is 115 Å². The summed E-state index contributed by atoms with van der Waals surface area (Å²) < 4.78 is 6.89. The molecule has 0 saturated carbocycles. The molecule has 2 aliphatic carbocycles. The highest BCUT2D eigenvalue weighted by molar-refractivity contribution is 6.07. The van der Waals surface area contributed by atoms with Crippen LogP contribution in [0.25, 0.3) is 55.3 Å². The lowest BCUT2D eigenvalue weighted by Gasteiger charge is -2.35. The van der Waals surface area contributed by atoms with E-state index in [0.717, 1.165) is 44.6 Å². The van der Waals surface area contributed by atoms with Crippen molar-refractivity contribution in [2.45, 2.75) is 24.7 Å². The van der Waals surface area contributed by atoms with Crippen molar-refractivity contribution in [3.63, 3.8) is 0 Å². The van der Waals surface area contributed by atoms with E-state index in [4.69, 9.17) is 4.42 Å². The number of anilines is 3. The number of benzene rings is 9. The Morgan fingerprint density at radius 2 is 0.817 bits per heavy atom. The molecule has 10 aromatic rings. The standard InChI is InChI=1S/C58H41NO/c1-57(2)50-25-13-10-22-44(50)47-33-30-41(36-54(47)57)59(40-19-7-4-8-20-40)42-31-34-49-48-32-29-38(35-55(48)60-56(49)37-42)43-21-9-14-26-51(43)58(39-17-5-3-6-18-39)52-27-15-11-23-45(52)46-24-12-16-28-53(46)58/h3-37H,1-2H3. The maximum absolute atomic E-state index is 6.89. The highest BCUT2D eigenvalue weighted by atomic mass is 16.3. The van der Waals surface area contributed by atoms with Gasteiger partial charge in [0.2, 0.25) is 0 Å². The molecule has 0 spiro atoms. The van der Waals surface area contributed by atoms with E-state index in [1.165, 1.54) is 61.2 Å². The Morgan fingerprint density at radius 1 is 0.350 bits per heavy atom. The first-order chi connectivity index (χ1) is 29.5. The fraction of sp³-hybridized carbons (Fsp3) is 0.0690. The number of nitrogens with zero attached hydrogens (tertiary/aromatic N) is 1. The van der Waals surface area contributed by atoms with Crippen molar-refractivity contribution >= 4 is 39.0 Å². The molecule has 1 aromatic heterocycles. The number of rotatable bonds is 6. The minimum absolute atomic E-state index is 0.103. The van der Waals surface area contributed by atoms with E-state index >= 15 is 0 Å². The summed E-state index contributed by atoms with van der Waals surface area (Å²) in [7, 11) is 0. The van der Waals surface area contributed by atoms with E-state index in [1.54, 1.807) is 0 Å². The molecule has 1 heterocycles. The molecule has 0 fully saturated rings. The quantitative estimate of drug-likeness (QED) is 0.168. The first-order valence-electron chi connectivity index (χ1n) is 20.9. The molecule has 2 aliphatic rings. The van der Waals surface area contributed by atoms with Crippen LogP contribution in [-0.2, 0) is 10.8 Å². The highest BCUT2D eigenvalue weighted by Crippen LogP contribution is 2.58.